The van der Waals surface area contributed by atoms with Crippen LogP contribution < -0.4 is 14.8 Å². The number of carbonyl (C=O) groups excluding carboxylic acids is 1. The van der Waals surface area contributed by atoms with Crippen LogP contribution in [0, 0.1) is 29.1 Å². The van der Waals surface area contributed by atoms with Gasteiger partial charge >= 0.3 is 0 Å². The first kappa shape index (κ1) is 22.0. The fraction of sp³-hybridized carbons (Fsp3) is 0.292. The SMILES string of the molecule is CC[C@@H]1[C@H](F)C(=O)N[C@@H]1COc1ncc(C#Cc2cncnc2)c2cc(C#N)c(OC)cc12. The first-order chi connectivity index (χ1) is 16.0. The number of alkyl halides is 1. The van der Waals surface area contributed by atoms with Crippen LogP contribution in [0.2, 0.25) is 0 Å². The van der Waals surface area contributed by atoms with Gasteiger partial charge in [-0.05, 0) is 18.6 Å². The van der Waals surface area contributed by atoms with Gasteiger partial charge in [0.25, 0.3) is 5.91 Å². The van der Waals surface area contributed by atoms with Crippen LogP contribution in [0.25, 0.3) is 10.8 Å². The number of carbonyl (C=O) groups is 1. The van der Waals surface area contributed by atoms with Crippen molar-refractivity contribution in [1.29, 1.82) is 5.26 Å². The number of fused-ring (bicyclic) bond motifs is 1. The molecule has 0 bridgehead atoms. The molecule has 0 unspecified atom stereocenters. The third kappa shape index (κ3) is 4.39. The third-order valence-electron chi connectivity index (χ3n) is 5.54. The molecule has 1 aromatic carbocycles. The van der Waals surface area contributed by atoms with Crippen molar-refractivity contribution in [2.24, 2.45) is 5.92 Å². The van der Waals surface area contributed by atoms with Crippen LogP contribution in [0.3, 0.4) is 0 Å². The third-order valence-corrected chi connectivity index (χ3v) is 5.54. The average Bonchev–Trinajstić information content (AvgIpc) is 3.13. The molecule has 3 atom stereocenters. The largest absolute Gasteiger partial charge is 0.495 e. The van der Waals surface area contributed by atoms with E-state index < -0.39 is 24.0 Å². The van der Waals surface area contributed by atoms with E-state index in [-0.39, 0.29) is 12.5 Å². The molecular formula is C24H20FN5O3. The number of rotatable bonds is 5. The summed E-state index contributed by atoms with van der Waals surface area (Å²) in [4.78, 5) is 24.0. The first-order valence-electron chi connectivity index (χ1n) is 10.3. The molecule has 3 heterocycles. The van der Waals surface area contributed by atoms with E-state index in [1.807, 2.05) is 6.92 Å². The number of pyridine rings is 1. The summed E-state index contributed by atoms with van der Waals surface area (Å²) in [5.41, 5.74) is 1.54. The molecule has 1 saturated heterocycles. The molecule has 166 valence electrons. The molecule has 1 aliphatic rings. The Kier molecular flexibility index (Phi) is 6.32. The number of hydrogen-bond acceptors (Lipinski definition) is 7. The average molecular weight is 445 g/mol. The maximum atomic E-state index is 14.1. The van der Waals surface area contributed by atoms with Crippen LogP contribution >= 0.6 is 0 Å². The summed E-state index contributed by atoms with van der Waals surface area (Å²) in [6.07, 6.45) is 5.10. The van der Waals surface area contributed by atoms with E-state index in [4.69, 9.17) is 9.47 Å². The van der Waals surface area contributed by atoms with Crippen molar-refractivity contribution in [1.82, 2.24) is 20.3 Å². The summed E-state index contributed by atoms with van der Waals surface area (Å²) in [6.45, 7) is 1.89. The number of benzene rings is 1. The van der Waals surface area contributed by atoms with Crippen molar-refractivity contribution in [2.75, 3.05) is 13.7 Å². The molecule has 33 heavy (non-hydrogen) atoms. The molecule has 1 aliphatic heterocycles. The molecule has 1 fully saturated rings. The zero-order valence-electron chi connectivity index (χ0n) is 18.0. The van der Waals surface area contributed by atoms with E-state index in [1.165, 1.54) is 13.4 Å². The quantitative estimate of drug-likeness (QED) is 0.601. The number of aromatic nitrogens is 3. The van der Waals surface area contributed by atoms with Gasteiger partial charge in [0, 0.05) is 35.3 Å². The van der Waals surface area contributed by atoms with E-state index in [0.29, 0.717) is 39.6 Å². The minimum absolute atomic E-state index is 0.0570. The topological polar surface area (TPSA) is 110 Å². The highest BCUT2D eigenvalue weighted by atomic mass is 19.1. The fourth-order valence-corrected chi connectivity index (χ4v) is 3.81. The highest BCUT2D eigenvalue weighted by Crippen LogP contribution is 2.33. The molecule has 3 aromatic rings. The smallest absolute Gasteiger partial charge is 0.255 e. The Morgan fingerprint density at radius 1 is 1.15 bits per heavy atom. The van der Waals surface area contributed by atoms with Crippen LogP contribution in [0.5, 0.6) is 11.6 Å². The van der Waals surface area contributed by atoms with Gasteiger partial charge in [-0.3, -0.25) is 4.79 Å². The van der Waals surface area contributed by atoms with E-state index >= 15 is 0 Å². The number of nitrogens with zero attached hydrogens (tertiary/aromatic N) is 4. The van der Waals surface area contributed by atoms with Crippen LogP contribution in [0.15, 0.2) is 37.1 Å². The summed E-state index contributed by atoms with van der Waals surface area (Å²) in [5.74, 6) is 5.56. The molecule has 0 spiro atoms. The van der Waals surface area contributed by atoms with Crippen LogP contribution in [-0.2, 0) is 4.79 Å². The predicted molar refractivity (Wildman–Crippen MR) is 117 cm³/mol. The first-order valence-corrected chi connectivity index (χ1v) is 10.3. The molecule has 1 N–H and O–H groups in total. The van der Waals surface area contributed by atoms with Gasteiger partial charge in [-0.15, -0.1) is 0 Å². The van der Waals surface area contributed by atoms with E-state index in [9.17, 15) is 14.4 Å². The van der Waals surface area contributed by atoms with E-state index in [1.54, 1.807) is 30.7 Å². The Morgan fingerprint density at radius 2 is 1.94 bits per heavy atom. The van der Waals surface area contributed by atoms with Crippen molar-refractivity contribution < 1.29 is 18.7 Å². The number of methoxy groups -OCH3 is 1. The summed E-state index contributed by atoms with van der Waals surface area (Å²) in [5, 5.41) is 13.4. The molecule has 9 heteroatoms. The maximum Gasteiger partial charge on any atom is 0.255 e. The lowest BCUT2D eigenvalue weighted by Crippen LogP contribution is -2.34. The van der Waals surface area contributed by atoms with Gasteiger partial charge in [-0.2, -0.15) is 5.26 Å². The molecule has 0 saturated carbocycles. The second-order valence-corrected chi connectivity index (χ2v) is 7.46. The van der Waals surface area contributed by atoms with E-state index in [2.05, 4.69) is 38.2 Å². The Labute approximate surface area is 189 Å². The summed E-state index contributed by atoms with van der Waals surface area (Å²) < 4.78 is 25.4. The number of halogens is 1. The second-order valence-electron chi connectivity index (χ2n) is 7.46. The minimum atomic E-state index is -1.55. The summed E-state index contributed by atoms with van der Waals surface area (Å²) in [7, 11) is 1.47. The number of nitrogens with one attached hydrogen (secondary N) is 1. The zero-order chi connectivity index (χ0) is 23.4. The predicted octanol–water partition coefficient (Wildman–Crippen LogP) is 2.55. The van der Waals surface area contributed by atoms with Crippen molar-refractivity contribution in [2.45, 2.75) is 25.6 Å². The standard InChI is InChI=1S/C24H20FN5O3/c1-3-17-20(30-23(31)22(17)25)12-33-24-19-7-21(32-2)16(8-26)6-18(19)15(11-29-24)5-4-14-9-27-13-28-10-14/h6-7,9-11,13,17,20,22H,3,12H2,1-2H3,(H,30,31)/t17-,20+,22-/m0/s1. The van der Waals surface area contributed by atoms with Crippen LogP contribution in [0.1, 0.15) is 30.0 Å². The van der Waals surface area contributed by atoms with Crippen molar-refractivity contribution in [3.05, 3.63) is 53.7 Å². The van der Waals surface area contributed by atoms with Gasteiger partial charge in [0.2, 0.25) is 5.88 Å². The number of ether oxygens (including phenoxy) is 2. The minimum Gasteiger partial charge on any atom is -0.495 e. The van der Waals surface area contributed by atoms with E-state index in [0.717, 1.165) is 0 Å². The molecule has 0 radical (unpaired) electrons. The van der Waals surface area contributed by atoms with Gasteiger partial charge in [0.1, 0.15) is 24.8 Å². The fourth-order valence-electron chi connectivity index (χ4n) is 3.81. The highest BCUT2D eigenvalue weighted by Gasteiger charge is 2.41. The van der Waals surface area contributed by atoms with Crippen molar-refractivity contribution in [3.63, 3.8) is 0 Å². The second kappa shape index (κ2) is 9.49. The van der Waals surface area contributed by atoms with Crippen LogP contribution in [-0.4, -0.2) is 46.8 Å². The lowest BCUT2D eigenvalue weighted by atomic mass is 9.97. The Morgan fingerprint density at radius 3 is 2.64 bits per heavy atom. The Bertz CT molecular complexity index is 1300. The zero-order valence-corrected chi connectivity index (χ0v) is 18.0. The molecule has 4 rings (SSSR count). The van der Waals surface area contributed by atoms with Gasteiger partial charge in [-0.25, -0.2) is 19.3 Å². The summed E-state index contributed by atoms with van der Waals surface area (Å²) in [6, 6.07) is 4.98. The molecule has 1 amide bonds. The lowest BCUT2D eigenvalue weighted by molar-refractivity contribution is -0.123. The lowest BCUT2D eigenvalue weighted by Gasteiger charge is -2.19. The Hall–Kier alpha value is -4.24. The van der Waals surface area contributed by atoms with Gasteiger partial charge < -0.3 is 14.8 Å². The molecule has 0 aliphatic carbocycles. The molecule has 8 nitrogen and oxygen atoms in total. The van der Waals surface area contributed by atoms with Gasteiger partial charge in [0.15, 0.2) is 6.17 Å². The monoisotopic (exact) mass is 445 g/mol. The Balaban J connectivity index is 1.73. The number of amides is 1. The van der Waals surface area contributed by atoms with Crippen molar-refractivity contribution in [3.8, 4) is 29.5 Å². The molecular weight excluding hydrogens is 425 g/mol. The number of hydrogen-bond donors (Lipinski definition) is 1. The molecule has 2 aromatic heterocycles. The maximum absolute atomic E-state index is 14.1. The highest BCUT2D eigenvalue weighted by molar-refractivity contribution is 5.94. The van der Waals surface area contributed by atoms with Crippen molar-refractivity contribution >= 4 is 16.7 Å². The normalized spacial score (nSPS) is 19.3. The van der Waals surface area contributed by atoms with Gasteiger partial charge in [0.05, 0.1) is 29.8 Å². The number of nitriles is 1. The van der Waals surface area contributed by atoms with Gasteiger partial charge in [-0.1, -0.05) is 18.8 Å². The van der Waals surface area contributed by atoms with Crippen LogP contribution in [0.4, 0.5) is 4.39 Å². The summed E-state index contributed by atoms with van der Waals surface area (Å²) >= 11 is 0.